The Balaban J connectivity index is 1.92. The van der Waals surface area contributed by atoms with E-state index >= 15 is 0 Å². The van der Waals surface area contributed by atoms with Gasteiger partial charge in [0.25, 0.3) is 5.91 Å². The fraction of sp³-hybridized carbons (Fsp3) is 0.280. The number of hydrogen-bond donors (Lipinski definition) is 2. The zero-order valence-corrected chi connectivity index (χ0v) is 21.9. The lowest BCUT2D eigenvalue weighted by Crippen LogP contribution is -2.19. The number of amides is 1. The van der Waals surface area contributed by atoms with E-state index in [1.807, 2.05) is 35.0 Å². The normalized spacial score (nSPS) is 12.3. The van der Waals surface area contributed by atoms with E-state index in [4.69, 9.17) is 27.9 Å². The SMILES string of the molecule is CNC(=O)c1cc(-c2ccnc3[nH]ccc23)n(COCCS(C)(C)C)c1-c1ccc(Cl)cc1Cl. The van der Waals surface area contributed by atoms with Crippen molar-refractivity contribution in [3.05, 3.63) is 64.4 Å². The van der Waals surface area contributed by atoms with Gasteiger partial charge in [0, 0.05) is 46.7 Å². The van der Waals surface area contributed by atoms with Crippen molar-refractivity contribution in [2.75, 3.05) is 38.2 Å². The number of aromatic amines is 1. The van der Waals surface area contributed by atoms with Crippen LogP contribution >= 0.6 is 33.2 Å². The Bertz CT molecular complexity index is 1340. The summed E-state index contributed by atoms with van der Waals surface area (Å²) < 4.78 is 8.18. The van der Waals surface area contributed by atoms with Gasteiger partial charge in [0.15, 0.2) is 0 Å². The van der Waals surface area contributed by atoms with Gasteiger partial charge in [-0.25, -0.2) is 15.0 Å². The van der Waals surface area contributed by atoms with E-state index in [0.717, 1.165) is 28.0 Å². The summed E-state index contributed by atoms with van der Waals surface area (Å²) in [6, 6.07) is 11.1. The maximum Gasteiger partial charge on any atom is 0.253 e. The molecule has 6 nitrogen and oxygen atoms in total. The Morgan fingerprint density at radius 1 is 1.15 bits per heavy atom. The third-order valence-corrected chi connectivity index (χ3v) is 7.49. The van der Waals surface area contributed by atoms with Crippen LogP contribution in [0.3, 0.4) is 0 Å². The summed E-state index contributed by atoms with van der Waals surface area (Å²) in [4.78, 5) is 20.6. The molecule has 34 heavy (non-hydrogen) atoms. The lowest BCUT2D eigenvalue weighted by Gasteiger charge is -2.25. The van der Waals surface area contributed by atoms with Crippen LogP contribution in [0.2, 0.25) is 10.0 Å². The molecule has 0 radical (unpaired) electrons. The third-order valence-electron chi connectivity index (χ3n) is 5.55. The Kier molecular flexibility index (Phi) is 7.28. The topological polar surface area (TPSA) is 71.9 Å². The van der Waals surface area contributed by atoms with Crippen LogP contribution in [0.4, 0.5) is 0 Å². The minimum absolute atomic E-state index is 0.209. The van der Waals surface area contributed by atoms with Gasteiger partial charge in [0.1, 0.15) is 12.4 Å². The minimum atomic E-state index is -0.695. The van der Waals surface area contributed by atoms with Crippen molar-refractivity contribution in [3.8, 4) is 22.5 Å². The number of fused-ring (bicyclic) bond motifs is 1. The van der Waals surface area contributed by atoms with E-state index < -0.39 is 10.0 Å². The highest BCUT2D eigenvalue weighted by Gasteiger charge is 2.25. The molecule has 0 saturated carbocycles. The van der Waals surface area contributed by atoms with Gasteiger partial charge < -0.3 is 19.6 Å². The molecule has 3 aromatic heterocycles. The molecule has 0 spiro atoms. The second kappa shape index (κ2) is 10.0. The standard InChI is InChI=1S/C25H28Cl2N4O2S/c1-28-25(32)20-14-22(17-7-9-29-24-18(17)8-10-30-24)31(15-33-11-12-34(2,3)4)23(20)19-6-5-16(26)13-21(19)27/h5-10,13-14H,11-12,15H2,1-4H3,(H,28,32)(H,29,30). The van der Waals surface area contributed by atoms with Crippen molar-refractivity contribution in [2.24, 2.45) is 0 Å². The van der Waals surface area contributed by atoms with Gasteiger partial charge in [-0.1, -0.05) is 23.2 Å². The van der Waals surface area contributed by atoms with Crippen LogP contribution in [-0.2, 0) is 11.5 Å². The molecule has 0 fully saturated rings. The van der Waals surface area contributed by atoms with E-state index in [2.05, 4.69) is 34.1 Å². The van der Waals surface area contributed by atoms with Crippen LogP contribution in [0.5, 0.6) is 0 Å². The highest BCUT2D eigenvalue weighted by Crippen LogP contribution is 2.39. The van der Waals surface area contributed by atoms with E-state index in [9.17, 15) is 4.79 Å². The number of carbonyl (C=O) groups excluding carboxylic acids is 1. The van der Waals surface area contributed by atoms with Gasteiger partial charge in [-0.15, -0.1) is 0 Å². The van der Waals surface area contributed by atoms with Gasteiger partial charge in [-0.05, 0) is 55.2 Å². The number of carbonyl (C=O) groups is 1. The zero-order chi connectivity index (χ0) is 24.5. The molecule has 0 aliphatic heterocycles. The molecule has 4 aromatic rings. The average molecular weight is 519 g/mol. The van der Waals surface area contributed by atoms with Crippen molar-refractivity contribution < 1.29 is 9.53 Å². The predicted molar refractivity (Wildman–Crippen MR) is 145 cm³/mol. The first-order valence-electron chi connectivity index (χ1n) is 10.8. The summed E-state index contributed by atoms with van der Waals surface area (Å²) in [5.74, 6) is 0.778. The van der Waals surface area contributed by atoms with Crippen molar-refractivity contribution in [1.29, 1.82) is 0 Å². The Hall–Kier alpha value is -2.45. The first-order valence-corrected chi connectivity index (χ1v) is 14.5. The molecule has 1 amide bonds. The number of pyridine rings is 1. The van der Waals surface area contributed by atoms with Crippen LogP contribution < -0.4 is 5.32 Å². The molecule has 2 N–H and O–H groups in total. The second-order valence-electron chi connectivity index (χ2n) is 8.85. The molecule has 180 valence electrons. The third kappa shape index (κ3) is 5.13. The molecular formula is C25H28Cl2N4O2S. The number of nitrogens with one attached hydrogen (secondary N) is 2. The number of rotatable bonds is 8. The molecule has 1 aromatic carbocycles. The number of ether oxygens (including phenoxy) is 1. The number of aromatic nitrogens is 3. The first kappa shape index (κ1) is 24.7. The summed E-state index contributed by atoms with van der Waals surface area (Å²) in [6.45, 7) is 0.889. The lowest BCUT2D eigenvalue weighted by atomic mass is 10.1. The largest absolute Gasteiger partial charge is 0.360 e. The van der Waals surface area contributed by atoms with Crippen molar-refractivity contribution >= 4 is 50.2 Å². The number of H-pyrrole nitrogens is 1. The molecule has 0 bridgehead atoms. The van der Waals surface area contributed by atoms with E-state index in [1.54, 1.807) is 25.4 Å². The van der Waals surface area contributed by atoms with E-state index in [1.165, 1.54) is 0 Å². The molecule has 3 heterocycles. The molecule has 0 saturated heterocycles. The number of nitrogens with zero attached hydrogens (tertiary/aromatic N) is 2. The molecular weight excluding hydrogens is 491 g/mol. The summed E-state index contributed by atoms with van der Waals surface area (Å²) in [6.07, 6.45) is 10.4. The molecule has 0 unspecified atom stereocenters. The monoisotopic (exact) mass is 518 g/mol. The predicted octanol–water partition coefficient (Wildman–Crippen LogP) is 6.03. The van der Waals surface area contributed by atoms with Gasteiger partial charge in [0.2, 0.25) is 0 Å². The Labute approximate surface area is 210 Å². The Morgan fingerprint density at radius 2 is 1.94 bits per heavy atom. The molecule has 0 atom stereocenters. The molecule has 0 aliphatic rings. The van der Waals surface area contributed by atoms with Gasteiger partial charge >= 0.3 is 0 Å². The molecule has 0 aliphatic carbocycles. The number of benzene rings is 1. The summed E-state index contributed by atoms with van der Waals surface area (Å²) in [5.41, 5.74) is 4.45. The van der Waals surface area contributed by atoms with Crippen LogP contribution in [-0.4, -0.2) is 58.6 Å². The highest BCUT2D eigenvalue weighted by molar-refractivity contribution is 8.32. The van der Waals surface area contributed by atoms with Gasteiger partial charge in [-0.2, -0.15) is 0 Å². The lowest BCUT2D eigenvalue weighted by molar-refractivity contribution is 0.0915. The van der Waals surface area contributed by atoms with E-state index in [-0.39, 0.29) is 12.6 Å². The average Bonchev–Trinajstić information content (AvgIpc) is 3.40. The zero-order valence-electron chi connectivity index (χ0n) is 19.6. The fourth-order valence-electron chi connectivity index (χ4n) is 3.83. The molecule has 4 rings (SSSR count). The second-order valence-corrected chi connectivity index (χ2v) is 14.3. The van der Waals surface area contributed by atoms with Crippen molar-refractivity contribution in [2.45, 2.75) is 6.73 Å². The minimum Gasteiger partial charge on any atom is -0.360 e. The van der Waals surface area contributed by atoms with E-state index in [0.29, 0.717) is 33.5 Å². The molecule has 9 heteroatoms. The summed E-state index contributed by atoms with van der Waals surface area (Å²) in [7, 11) is 0.922. The first-order chi connectivity index (χ1) is 16.2. The van der Waals surface area contributed by atoms with Gasteiger partial charge in [0.05, 0.1) is 28.6 Å². The summed E-state index contributed by atoms with van der Waals surface area (Å²) in [5, 5.41) is 4.70. The van der Waals surface area contributed by atoms with Crippen LogP contribution in [0, 0.1) is 0 Å². The van der Waals surface area contributed by atoms with Crippen LogP contribution in [0.15, 0.2) is 48.8 Å². The van der Waals surface area contributed by atoms with Gasteiger partial charge in [-0.3, -0.25) is 4.79 Å². The highest BCUT2D eigenvalue weighted by atomic mass is 35.5. The van der Waals surface area contributed by atoms with Crippen molar-refractivity contribution in [1.82, 2.24) is 19.9 Å². The maximum atomic E-state index is 13.0. The van der Waals surface area contributed by atoms with Crippen LogP contribution in [0.25, 0.3) is 33.5 Å². The Morgan fingerprint density at radius 3 is 2.65 bits per heavy atom. The van der Waals surface area contributed by atoms with Crippen LogP contribution in [0.1, 0.15) is 10.4 Å². The quantitative estimate of drug-likeness (QED) is 0.279. The van der Waals surface area contributed by atoms with Crippen molar-refractivity contribution in [3.63, 3.8) is 0 Å². The number of halogens is 2. The smallest absolute Gasteiger partial charge is 0.253 e. The fourth-order valence-corrected chi connectivity index (χ4v) is 4.95. The maximum absolute atomic E-state index is 13.0. The number of hydrogen-bond acceptors (Lipinski definition) is 3. The summed E-state index contributed by atoms with van der Waals surface area (Å²) >= 11 is 12.8.